The Morgan fingerprint density at radius 3 is 2.93 bits per heavy atom. The largest absolute Gasteiger partial charge is 0.481 e. The summed E-state index contributed by atoms with van der Waals surface area (Å²) in [6.07, 6.45) is 0. The van der Waals surface area contributed by atoms with Crippen LogP contribution in [0.25, 0.3) is 0 Å². The molecule has 2 nitrogen and oxygen atoms in total. The summed E-state index contributed by atoms with van der Waals surface area (Å²) in [5.74, 6) is -0.533. The molecule has 1 unspecified atom stereocenters. The predicted molar refractivity (Wildman–Crippen MR) is 59.0 cm³/mol. The third kappa shape index (κ3) is 3.60. The number of halogens is 1. The first-order valence-electron chi connectivity index (χ1n) is 4.21. The molecule has 1 atom stereocenters. The topological polar surface area (TPSA) is 37.3 Å². The summed E-state index contributed by atoms with van der Waals surface area (Å²) in [4.78, 5) is 11.6. The number of hydrogen-bond acceptors (Lipinski definition) is 2. The van der Waals surface area contributed by atoms with Crippen LogP contribution in [0.3, 0.4) is 0 Å². The molecule has 4 heteroatoms. The van der Waals surface area contributed by atoms with Crippen molar-refractivity contribution in [2.45, 2.75) is 11.8 Å². The van der Waals surface area contributed by atoms with Gasteiger partial charge in [-0.3, -0.25) is 4.79 Å². The second-order valence-corrected chi connectivity index (χ2v) is 4.54. The normalized spacial score (nSPS) is 12.4. The van der Waals surface area contributed by atoms with Crippen LogP contribution in [-0.2, 0) is 4.79 Å². The van der Waals surface area contributed by atoms with E-state index < -0.39 is 5.97 Å². The maximum Gasteiger partial charge on any atom is 0.307 e. The Morgan fingerprint density at radius 1 is 1.64 bits per heavy atom. The van der Waals surface area contributed by atoms with E-state index >= 15 is 0 Å². The van der Waals surface area contributed by atoms with Crippen LogP contribution in [0.15, 0.2) is 29.2 Å². The van der Waals surface area contributed by atoms with Crippen LogP contribution in [0.1, 0.15) is 6.92 Å². The molecule has 0 aliphatic rings. The highest BCUT2D eigenvalue weighted by Gasteiger charge is 2.10. The van der Waals surface area contributed by atoms with Crippen LogP contribution in [0.5, 0.6) is 0 Å². The summed E-state index contributed by atoms with van der Waals surface area (Å²) >= 11 is 7.30. The zero-order valence-corrected chi connectivity index (χ0v) is 9.31. The van der Waals surface area contributed by atoms with Gasteiger partial charge in [-0.15, -0.1) is 11.8 Å². The minimum atomic E-state index is -0.764. The minimum absolute atomic E-state index is 0.334. The Labute approximate surface area is 92.3 Å². The van der Waals surface area contributed by atoms with Gasteiger partial charge >= 0.3 is 5.97 Å². The van der Waals surface area contributed by atoms with Crippen molar-refractivity contribution in [3.63, 3.8) is 0 Å². The molecular weight excluding hydrogens is 220 g/mol. The molecule has 76 valence electrons. The zero-order chi connectivity index (χ0) is 10.6. The molecule has 0 heterocycles. The average Bonchev–Trinajstić information content (AvgIpc) is 2.14. The molecule has 0 bridgehead atoms. The van der Waals surface area contributed by atoms with Crippen molar-refractivity contribution in [2.24, 2.45) is 5.92 Å². The third-order valence-electron chi connectivity index (χ3n) is 1.72. The summed E-state index contributed by atoms with van der Waals surface area (Å²) in [6.45, 7) is 1.69. The Morgan fingerprint density at radius 2 is 2.36 bits per heavy atom. The summed E-state index contributed by atoms with van der Waals surface area (Å²) in [5, 5.41) is 9.35. The van der Waals surface area contributed by atoms with Gasteiger partial charge in [-0.05, 0) is 18.2 Å². The predicted octanol–water partition coefficient (Wildman–Crippen LogP) is 3.15. The lowest BCUT2D eigenvalue weighted by atomic mass is 10.2. The number of carboxylic acids is 1. The van der Waals surface area contributed by atoms with Gasteiger partial charge in [0, 0.05) is 15.7 Å². The van der Waals surface area contributed by atoms with Crippen LogP contribution >= 0.6 is 23.4 Å². The minimum Gasteiger partial charge on any atom is -0.481 e. The van der Waals surface area contributed by atoms with Crippen molar-refractivity contribution in [1.29, 1.82) is 0 Å². The summed E-state index contributed by atoms with van der Waals surface area (Å²) in [6, 6.07) is 7.41. The molecule has 0 aromatic heterocycles. The molecule has 1 rings (SSSR count). The molecule has 0 amide bonds. The highest BCUT2D eigenvalue weighted by Crippen LogP contribution is 2.23. The number of benzene rings is 1. The Balaban J connectivity index is 2.49. The van der Waals surface area contributed by atoms with Gasteiger partial charge in [-0.1, -0.05) is 24.6 Å². The first kappa shape index (κ1) is 11.4. The number of hydrogen-bond donors (Lipinski definition) is 1. The molecule has 0 fully saturated rings. The summed E-state index contributed by atoms with van der Waals surface area (Å²) in [5.41, 5.74) is 0. The van der Waals surface area contributed by atoms with Crippen molar-refractivity contribution in [2.75, 3.05) is 5.75 Å². The van der Waals surface area contributed by atoms with E-state index in [-0.39, 0.29) is 5.92 Å². The van der Waals surface area contributed by atoms with Gasteiger partial charge in [0.25, 0.3) is 0 Å². The van der Waals surface area contributed by atoms with Crippen LogP contribution in [0.2, 0.25) is 5.02 Å². The highest BCUT2D eigenvalue weighted by molar-refractivity contribution is 7.99. The second kappa shape index (κ2) is 5.27. The molecule has 1 aromatic rings. The lowest BCUT2D eigenvalue weighted by molar-refractivity contribution is -0.140. The monoisotopic (exact) mass is 230 g/mol. The lowest BCUT2D eigenvalue weighted by Gasteiger charge is -2.05. The van der Waals surface area contributed by atoms with E-state index in [2.05, 4.69) is 0 Å². The standard InChI is InChI=1S/C10H11ClO2S/c1-7(10(12)13)6-14-9-4-2-3-8(11)5-9/h2-5,7H,6H2,1H3,(H,12,13). The molecule has 0 saturated carbocycles. The molecule has 1 aromatic carbocycles. The second-order valence-electron chi connectivity index (χ2n) is 3.01. The summed E-state index contributed by atoms with van der Waals surface area (Å²) in [7, 11) is 0. The van der Waals surface area contributed by atoms with Gasteiger partial charge in [0.1, 0.15) is 0 Å². The van der Waals surface area contributed by atoms with E-state index in [1.165, 1.54) is 11.8 Å². The SMILES string of the molecule is CC(CSc1cccc(Cl)c1)C(=O)O. The third-order valence-corrected chi connectivity index (χ3v) is 3.21. The van der Waals surface area contributed by atoms with Crippen molar-refractivity contribution >= 4 is 29.3 Å². The molecule has 0 aliphatic carbocycles. The van der Waals surface area contributed by atoms with Gasteiger partial charge in [0.15, 0.2) is 0 Å². The number of carboxylic acid groups (broad SMARTS) is 1. The van der Waals surface area contributed by atoms with Crippen molar-refractivity contribution in [3.8, 4) is 0 Å². The van der Waals surface area contributed by atoms with Crippen molar-refractivity contribution < 1.29 is 9.90 Å². The lowest BCUT2D eigenvalue weighted by Crippen LogP contribution is -2.11. The van der Waals surface area contributed by atoms with Crippen molar-refractivity contribution in [3.05, 3.63) is 29.3 Å². The molecule has 0 spiro atoms. The highest BCUT2D eigenvalue weighted by atomic mass is 35.5. The van der Waals surface area contributed by atoms with Gasteiger partial charge in [0.2, 0.25) is 0 Å². The molecule has 0 saturated heterocycles. The van der Waals surface area contributed by atoms with Crippen molar-refractivity contribution in [1.82, 2.24) is 0 Å². The van der Waals surface area contributed by atoms with Gasteiger partial charge in [-0.25, -0.2) is 0 Å². The van der Waals surface area contributed by atoms with E-state index in [4.69, 9.17) is 16.7 Å². The maximum absolute atomic E-state index is 10.5. The zero-order valence-electron chi connectivity index (χ0n) is 7.74. The number of carbonyl (C=O) groups is 1. The number of thioether (sulfide) groups is 1. The van der Waals surface area contributed by atoms with E-state index in [9.17, 15) is 4.79 Å². The first-order chi connectivity index (χ1) is 6.59. The van der Waals surface area contributed by atoms with Gasteiger partial charge in [-0.2, -0.15) is 0 Å². The van der Waals surface area contributed by atoms with Gasteiger partial charge in [0.05, 0.1) is 5.92 Å². The fourth-order valence-corrected chi connectivity index (χ4v) is 2.07. The van der Waals surface area contributed by atoms with Crippen LogP contribution in [-0.4, -0.2) is 16.8 Å². The molecule has 14 heavy (non-hydrogen) atoms. The van der Waals surface area contributed by atoms with E-state index in [1.54, 1.807) is 13.0 Å². The Bertz CT molecular complexity index is 328. The van der Waals surface area contributed by atoms with Crippen LogP contribution < -0.4 is 0 Å². The van der Waals surface area contributed by atoms with Gasteiger partial charge < -0.3 is 5.11 Å². The van der Waals surface area contributed by atoms with E-state index in [1.807, 2.05) is 18.2 Å². The Hall–Kier alpha value is -0.670. The maximum atomic E-state index is 10.5. The fraction of sp³-hybridized carbons (Fsp3) is 0.300. The molecule has 0 aliphatic heterocycles. The van der Waals surface area contributed by atoms with Crippen LogP contribution in [0.4, 0.5) is 0 Å². The summed E-state index contributed by atoms with van der Waals surface area (Å²) < 4.78 is 0. The Kier molecular flexibility index (Phi) is 4.29. The molecular formula is C10H11ClO2S. The smallest absolute Gasteiger partial charge is 0.307 e. The quantitative estimate of drug-likeness (QED) is 0.808. The molecule has 1 N–H and O–H groups in total. The van der Waals surface area contributed by atoms with E-state index in [0.29, 0.717) is 10.8 Å². The van der Waals surface area contributed by atoms with Crippen LogP contribution in [0, 0.1) is 5.92 Å². The first-order valence-corrected chi connectivity index (χ1v) is 5.57. The number of aliphatic carboxylic acids is 1. The molecule has 0 radical (unpaired) electrons. The fourth-order valence-electron chi connectivity index (χ4n) is 0.849. The average molecular weight is 231 g/mol. The number of rotatable bonds is 4. The van der Waals surface area contributed by atoms with E-state index in [0.717, 1.165) is 4.90 Å².